The monoisotopic (exact) mass is 231 g/mol. The van der Waals surface area contributed by atoms with Crippen LogP contribution < -0.4 is 0 Å². The Kier molecular flexibility index (Phi) is 3.15. The summed E-state index contributed by atoms with van der Waals surface area (Å²) in [5.74, 6) is 0.0136. The van der Waals surface area contributed by atoms with Crippen LogP contribution in [0.15, 0.2) is 29.6 Å². The van der Waals surface area contributed by atoms with E-state index in [1.807, 2.05) is 36.6 Å². The molecule has 0 saturated heterocycles. The first-order valence-corrected chi connectivity index (χ1v) is 6.14. The number of thiazole rings is 1. The molecule has 2 nitrogen and oxygen atoms in total. The van der Waals surface area contributed by atoms with Gasteiger partial charge in [0.25, 0.3) is 0 Å². The van der Waals surface area contributed by atoms with Crippen molar-refractivity contribution < 1.29 is 4.79 Å². The SMILES string of the molecule is CCc1cccc(C(=O)c2csc(C)n2)c1. The van der Waals surface area contributed by atoms with Gasteiger partial charge in [-0.05, 0) is 25.0 Å². The van der Waals surface area contributed by atoms with Crippen LogP contribution in [0.3, 0.4) is 0 Å². The van der Waals surface area contributed by atoms with Crippen molar-refractivity contribution in [1.82, 2.24) is 4.98 Å². The summed E-state index contributed by atoms with van der Waals surface area (Å²) in [7, 11) is 0. The molecule has 0 radical (unpaired) electrons. The van der Waals surface area contributed by atoms with Crippen LogP contribution in [0.1, 0.15) is 33.5 Å². The highest BCUT2D eigenvalue weighted by atomic mass is 32.1. The van der Waals surface area contributed by atoms with Crippen LogP contribution in [0.2, 0.25) is 0 Å². The number of rotatable bonds is 3. The highest BCUT2D eigenvalue weighted by molar-refractivity contribution is 7.09. The lowest BCUT2D eigenvalue weighted by Crippen LogP contribution is -2.02. The Balaban J connectivity index is 2.33. The van der Waals surface area contributed by atoms with E-state index >= 15 is 0 Å². The summed E-state index contributed by atoms with van der Waals surface area (Å²) in [5.41, 5.74) is 2.46. The molecule has 0 aliphatic rings. The number of carbonyl (C=O) groups excluding carboxylic acids is 1. The van der Waals surface area contributed by atoms with Gasteiger partial charge in [-0.1, -0.05) is 25.1 Å². The van der Waals surface area contributed by atoms with Gasteiger partial charge in [0.2, 0.25) is 5.78 Å². The van der Waals surface area contributed by atoms with Crippen LogP contribution in [0.25, 0.3) is 0 Å². The first kappa shape index (κ1) is 11.0. The fourth-order valence-corrected chi connectivity index (χ4v) is 2.14. The molecule has 0 unspecified atom stereocenters. The van der Waals surface area contributed by atoms with Crippen molar-refractivity contribution in [2.45, 2.75) is 20.3 Å². The predicted octanol–water partition coefficient (Wildman–Crippen LogP) is 3.24. The van der Waals surface area contributed by atoms with Gasteiger partial charge in [0, 0.05) is 10.9 Å². The number of hydrogen-bond acceptors (Lipinski definition) is 3. The molecule has 82 valence electrons. The normalized spacial score (nSPS) is 10.4. The van der Waals surface area contributed by atoms with Crippen LogP contribution in [0.4, 0.5) is 0 Å². The summed E-state index contributed by atoms with van der Waals surface area (Å²) < 4.78 is 0. The van der Waals surface area contributed by atoms with Gasteiger partial charge >= 0.3 is 0 Å². The molecule has 0 aliphatic carbocycles. The van der Waals surface area contributed by atoms with Gasteiger partial charge in [0.05, 0.1) is 5.01 Å². The summed E-state index contributed by atoms with van der Waals surface area (Å²) in [6.07, 6.45) is 0.942. The number of aryl methyl sites for hydroxylation is 2. The Morgan fingerprint density at radius 3 is 2.88 bits per heavy atom. The molecule has 0 aliphatic heterocycles. The minimum atomic E-state index is 0.0136. The Hall–Kier alpha value is -1.48. The molecular weight excluding hydrogens is 218 g/mol. The maximum atomic E-state index is 12.1. The Morgan fingerprint density at radius 2 is 2.25 bits per heavy atom. The zero-order valence-electron chi connectivity index (χ0n) is 9.36. The average Bonchev–Trinajstić information content (AvgIpc) is 2.75. The summed E-state index contributed by atoms with van der Waals surface area (Å²) >= 11 is 1.51. The van der Waals surface area contributed by atoms with Crippen molar-refractivity contribution in [2.75, 3.05) is 0 Å². The van der Waals surface area contributed by atoms with Crippen LogP contribution in [-0.2, 0) is 6.42 Å². The lowest BCUT2D eigenvalue weighted by molar-refractivity contribution is 0.103. The van der Waals surface area contributed by atoms with E-state index < -0.39 is 0 Å². The summed E-state index contributed by atoms with van der Waals surface area (Å²) in [4.78, 5) is 16.3. The van der Waals surface area contributed by atoms with Crippen molar-refractivity contribution in [3.8, 4) is 0 Å². The maximum Gasteiger partial charge on any atom is 0.212 e. The van der Waals surface area contributed by atoms with Crippen molar-refractivity contribution in [1.29, 1.82) is 0 Å². The standard InChI is InChI=1S/C13H13NOS/c1-3-10-5-4-6-11(7-10)13(15)12-8-16-9(2)14-12/h4-8H,3H2,1-2H3. The minimum Gasteiger partial charge on any atom is -0.287 e. The van der Waals surface area contributed by atoms with Crippen LogP contribution in [0, 0.1) is 6.92 Å². The van der Waals surface area contributed by atoms with Gasteiger partial charge in [0.1, 0.15) is 5.69 Å². The van der Waals surface area contributed by atoms with E-state index in [9.17, 15) is 4.79 Å². The molecule has 0 N–H and O–H groups in total. The highest BCUT2D eigenvalue weighted by Gasteiger charge is 2.12. The number of benzene rings is 1. The second-order valence-corrected chi connectivity index (χ2v) is 4.70. The van der Waals surface area contributed by atoms with Gasteiger partial charge in [-0.2, -0.15) is 0 Å². The molecule has 1 aromatic heterocycles. The molecule has 3 heteroatoms. The second kappa shape index (κ2) is 4.58. The first-order valence-electron chi connectivity index (χ1n) is 5.26. The van der Waals surface area contributed by atoms with Crippen LogP contribution in [-0.4, -0.2) is 10.8 Å². The van der Waals surface area contributed by atoms with Gasteiger partial charge in [-0.3, -0.25) is 4.79 Å². The largest absolute Gasteiger partial charge is 0.287 e. The van der Waals surface area contributed by atoms with Gasteiger partial charge < -0.3 is 0 Å². The molecule has 0 fully saturated rings. The summed E-state index contributed by atoms with van der Waals surface area (Å²) in [5, 5.41) is 2.74. The van der Waals surface area contributed by atoms with E-state index in [1.165, 1.54) is 16.9 Å². The summed E-state index contributed by atoms with van der Waals surface area (Å²) in [6, 6.07) is 7.74. The van der Waals surface area contributed by atoms with E-state index in [0.29, 0.717) is 5.69 Å². The average molecular weight is 231 g/mol. The maximum absolute atomic E-state index is 12.1. The van der Waals surface area contributed by atoms with E-state index in [1.54, 1.807) is 0 Å². The third kappa shape index (κ3) is 2.19. The number of aromatic nitrogens is 1. The molecule has 1 aromatic carbocycles. The number of carbonyl (C=O) groups is 1. The second-order valence-electron chi connectivity index (χ2n) is 3.63. The summed E-state index contributed by atoms with van der Waals surface area (Å²) in [6.45, 7) is 3.99. The van der Waals surface area contributed by atoms with E-state index in [2.05, 4.69) is 11.9 Å². The zero-order valence-corrected chi connectivity index (χ0v) is 10.2. The lowest BCUT2D eigenvalue weighted by atomic mass is 10.0. The van der Waals surface area contributed by atoms with Crippen molar-refractivity contribution in [2.24, 2.45) is 0 Å². The molecule has 2 rings (SSSR count). The molecule has 0 spiro atoms. The molecular formula is C13H13NOS. The van der Waals surface area contributed by atoms with Gasteiger partial charge in [0.15, 0.2) is 0 Å². The van der Waals surface area contributed by atoms with E-state index in [-0.39, 0.29) is 5.78 Å². The van der Waals surface area contributed by atoms with Crippen molar-refractivity contribution in [3.63, 3.8) is 0 Å². The Morgan fingerprint density at radius 1 is 1.44 bits per heavy atom. The molecule has 2 aromatic rings. The number of nitrogens with zero attached hydrogens (tertiary/aromatic N) is 1. The quantitative estimate of drug-likeness (QED) is 0.759. The van der Waals surface area contributed by atoms with Crippen molar-refractivity contribution in [3.05, 3.63) is 51.5 Å². The highest BCUT2D eigenvalue weighted by Crippen LogP contribution is 2.14. The van der Waals surface area contributed by atoms with Gasteiger partial charge in [-0.25, -0.2) is 4.98 Å². The first-order chi connectivity index (χ1) is 7.70. The third-order valence-corrected chi connectivity index (χ3v) is 3.22. The Bertz CT molecular complexity index is 516. The fourth-order valence-electron chi connectivity index (χ4n) is 1.55. The molecule has 0 amide bonds. The minimum absolute atomic E-state index is 0.0136. The fraction of sp³-hybridized carbons (Fsp3) is 0.231. The van der Waals surface area contributed by atoms with E-state index in [4.69, 9.17) is 0 Å². The molecule has 1 heterocycles. The number of hydrogen-bond donors (Lipinski definition) is 0. The van der Waals surface area contributed by atoms with Crippen LogP contribution in [0.5, 0.6) is 0 Å². The topological polar surface area (TPSA) is 30.0 Å². The Labute approximate surface area is 99.0 Å². The van der Waals surface area contributed by atoms with Crippen LogP contribution >= 0.6 is 11.3 Å². The molecule has 0 atom stereocenters. The predicted molar refractivity (Wildman–Crippen MR) is 66.1 cm³/mol. The zero-order chi connectivity index (χ0) is 11.5. The van der Waals surface area contributed by atoms with E-state index in [0.717, 1.165) is 17.0 Å². The van der Waals surface area contributed by atoms with Crippen molar-refractivity contribution >= 4 is 17.1 Å². The number of ketones is 1. The van der Waals surface area contributed by atoms with Gasteiger partial charge in [-0.15, -0.1) is 11.3 Å². The molecule has 0 saturated carbocycles. The molecule has 0 bridgehead atoms. The smallest absolute Gasteiger partial charge is 0.212 e. The lowest BCUT2D eigenvalue weighted by Gasteiger charge is -2.00. The third-order valence-electron chi connectivity index (χ3n) is 2.45. The molecule has 16 heavy (non-hydrogen) atoms.